The van der Waals surface area contributed by atoms with Crippen molar-refractivity contribution in [1.29, 1.82) is 0 Å². The highest BCUT2D eigenvalue weighted by Crippen LogP contribution is 2.16. The molecule has 2 atom stereocenters. The number of fused-ring (bicyclic) bond motifs is 1. The standard InChI is InChI=1S/C13H21N5OS/c1-4-5-14-11-9-18-7-6-15-13(18)12(17-11)16-8-10(2)20(3)19/h6-7,9-10,14H,4-5,8H2,1-3H3,(H,16,17). The van der Waals surface area contributed by atoms with Crippen molar-refractivity contribution in [3.8, 4) is 0 Å². The Morgan fingerprint density at radius 3 is 2.95 bits per heavy atom. The lowest BCUT2D eigenvalue weighted by Crippen LogP contribution is -2.21. The van der Waals surface area contributed by atoms with Crippen LogP contribution in [0.5, 0.6) is 0 Å². The molecule has 20 heavy (non-hydrogen) atoms. The number of hydrogen-bond acceptors (Lipinski definition) is 5. The van der Waals surface area contributed by atoms with Crippen LogP contribution in [0.25, 0.3) is 5.65 Å². The Bertz CT molecular complexity index is 597. The average Bonchev–Trinajstić information content (AvgIpc) is 2.90. The number of nitrogens with zero attached hydrogens (tertiary/aromatic N) is 3. The van der Waals surface area contributed by atoms with E-state index in [1.807, 2.05) is 23.7 Å². The van der Waals surface area contributed by atoms with E-state index >= 15 is 0 Å². The minimum Gasteiger partial charge on any atom is -0.369 e. The lowest BCUT2D eigenvalue weighted by Gasteiger charge is -2.13. The van der Waals surface area contributed by atoms with Crippen LogP contribution in [-0.4, -0.2) is 43.2 Å². The quantitative estimate of drug-likeness (QED) is 0.814. The van der Waals surface area contributed by atoms with Gasteiger partial charge in [-0.15, -0.1) is 0 Å². The molecule has 0 aliphatic carbocycles. The van der Waals surface area contributed by atoms with E-state index in [1.165, 1.54) is 0 Å². The van der Waals surface area contributed by atoms with Crippen molar-refractivity contribution in [2.75, 3.05) is 30.0 Å². The highest BCUT2D eigenvalue weighted by molar-refractivity contribution is 7.84. The predicted octanol–water partition coefficient (Wildman–Crippen LogP) is 1.73. The molecule has 2 heterocycles. The van der Waals surface area contributed by atoms with E-state index in [2.05, 4.69) is 27.5 Å². The fourth-order valence-electron chi connectivity index (χ4n) is 1.75. The van der Waals surface area contributed by atoms with Crippen LogP contribution in [-0.2, 0) is 10.8 Å². The average molecular weight is 295 g/mol. The molecular weight excluding hydrogens is 274 g/mol. The monoisotopic (exact) mass is 295 g/mol. The van der Waals surface area contributed by atoms with Crippen LogP contribution in [0.4, 0.5) is 11.6 Å². The predicted molar refractivity (Wildman–Crippen MR) is 83.8 cm³/mol. The van der Waals surface area contributed by atoms with Gasteiger partial charge in [0.25, 0.3) is 0 Å². The number of hydrogen-bond donors (Lipinski definition) is 2. The first-order valence-corrected chi connectivity index (χ1v) is 8.37. The van der Waals surface area contributed by atoms with Crippen LogP contribution in [0.1, 0.15) is 20.3 Å². The second-order valence-corrected chi connectivity index (χ2v) is 6.55. The Balaban J connectivity index is 2.21. The van der Waals surface area contributed by atoms with Crippen molar-refractivity contribution in [2.24, 2.45) is 0 Å². The summed E-state index contributed by atoms with van der Waals surface area (Å²) in [5.41, 5.74) is 0.779. The Kier molecular flexibility index (Phi) is 4.94. The molecule has 2 unspecified atom stereocenters. The zero-order chi connectivity index (χ0) is 14.5. The van der Waals surface area contributed by atoms with E-state index < -0.39 is 10.8 Å². The molecule has 110 valence electrons. The maximum atomic E-state index is 11.4. The molecule has 0 aliphatic heterocycles. The first-order chi connectivity index (χ1) is 9.61. The maximum absolute atomic E-state index is 11.4. The molecule has 0 amide bonds. The molecule has 0 radical (unpaired) electrons. The second kappa shape index (κ2) is 6.69. The minimum atomic E-state index is -0.851. The molecule has 2 aromatic heterocycles. The van der Waals surface area contributed by atoms with E-state index in [9.17, 15) is 4.21 Å². The van der Waals surface area contributed by atoms with E-state index in [4.69, 9.17) is 0 Å². The van der Waals surface area contributed by atoms with Gasteiger partial charge in [0.1, 0.15) is 5.82 Å². The maximum Gasteiger partial charge on any atom is 0.180 e. The molecule has 0 bridgehead atoms. The third-order valence-corrected chi connectivity index (χ3v) is 4.35. The van der Waals surface area contributed by atoms with Gasteiger partial charge in [-0.2, -0.15) is 0 Å². The first kappa shape index (κ1) is 14.8. The Labute approximate surface area is 121 Å². The van der Waals surface area contributed by atoms with Crippen molar-refractivity contribution in [3.05, 3.63) is 18.6 Å². The van der Waals surface area contributed by atoms with Gasteiger partial charge in [0.05, 0.1) is 6.20 Å². The fraction of sp³-hybridized carbons (Fsp3) is 0.538. The zero-order valence-electron chi connectivity index (χ0n) is 12.1. The molecule has 2 rings (SSSR count). The number of anilines is 2. The summed E-state index contributed by atoms with van der Waals surface area (Å²) in [5, 5.41) is 6.58. The summed E-state index contributed by atoms with van der Waals surface area (Å²) in [5.74, 6) is 1.53. The van der Waals surface area contributed by atoms with Crippen molar-refractivity contribution in [2.45, 2.75) is 25.5 Å². The minimum absolute atomic E-state index is 0.0686. The van der Waals surface area contributed by atoms with E-state index in [0.717, 1.165) is 24.4 Å². The van der Waals surface area contributed by atoms with Crippen molar-refractivity contribution >= 4 is 28.1 Å². The van der Waals surface area contributed by atoms with Gasteiger partial charge in [-0.05, 0) is 13.3 Å². The van der Waals surface area contributed by atoms with Crippen molar-refractivity contribution in [1.82, 2.24) is 14.4 Å². The van der Waals surface area contributed by atoms with Gasteiger partial charge < -0.3 is 15.0 Å². The van der Waals surface area contributed by atoms with Crippen LogP contribution in [0.15, 0.2) is 18.6 Å². The summed E-state index contributed by atoms with van der Waals surface area (Å²) in [6.45, 7) is 5.54. The number of imidazole rings is 1. The summed E-state index contributed by atoms with van der Waals surface area (Å²) < 4.78 is 13.3. The van der Waals surface area contributed by atoms with Gasteiger partial charge in [-0.3, -0.25) is 4.21 Å². The third-order valence-electron chi connectivity index (χ3n) is 3.05. The molecule has 0 spiro atoms. The summed E-state index contributed by atoms with van der Waals surface area (Å²) in [6.07, 6.45) is 8.31. The van der Waals surface area contributed by atoms with Gasteiger partial charge in [0.2, 0.25) is 0 Å². The number of rotatable bonds is 7. The lowest BCUT2D eigenvalue weighted by atomic mass is 10.4. The third kappa shape index (κ3) is 3.47. The van der Waals surface area contributed by atoms with Crippen molar-refractivity contribution in [3.63, 3.8) is 0 Å². The highest BCUT2D eigenvalue weighted by Gasteiger charge is 2.10. The van der Waals surface area contributed by atoms with Crippen molar-refractivity contribution < 1.29 is 4.21 Å². The SMILES string of the molecule is CCCNc1cn2ccnc2c(NCC(C)S(C)=O)n1. The van der Waals surface area contributed by atoms with Gasteiger partial charge in [0.15, 0.2) is 11.5 Å². The van der Waals surface area contributed by atoms with Gasteiger partial charge >= 0.3 is 0 Å². The normalized spacial score (nSPS) is 14.2. The molecule has 2 N–H and O–H groups in total. The Morgan fingerprint density at radius 2 is 2.25 bits per heavy atom. The summed E-state index contributed by atoms with van der Waals surface area (Å²) in [4.78, 5) is 8.83. The van der Waals surface area contributed by atoms with Crippen LogP contribution in [0.3, 0.4) is 0 Å². The molecule has 0 aromatic carbocycles. The van der Waals surface area contributed by atoms with Crippen LogP contribution >= 0.6 is 0 Å². The molecule has 0 saturated carbocycles. The topological polar surface area (TPSA) is 71.3 Å². The zero-order valence-corrected chi connectivity index (χ0v) is 12.9. The fourth-order valence-corrected chi connectivity index (χ4v) is 2.06. The lowest BCUT2D eigenvalue weighted by molar-refractivity contribution is 0.679. The summed E-state index contributed by atoms with van der Waals surface area (Å²) in [6, 6.07) is 0. The van der Waals surface area contributed by atoms with Gasteiger partial charge in [-0.1, -0.05) is 6.92 Å². The number of aromatic nitrogens is 3. The van der Waals surface area contributed by atoms with Gasteiger partial charge in [-0.25, -0.2) is 9.97 Å². The summed E-state index contributed by atoms with van der Waals surface area (Å²) >= 11 is 0. The van der Waals surface area contributed by atoms with E-state index in [-0.39, 0.29) is 5.25 Å². The molecular formula is C13H21N5OS. The molecule has 0 aliphatic rings. The van der Waals surface area contributed by atoms with E-state index in [0.29, 0.717) is 12.4 Å². The van der Waals surface area contributed by atoms with Crippen LogP contribution in [0, 0.1) is 0 Å². The largest absolute Gasteiger partial charge is 0.369 e. The van der Waals surface area contributed by atoms with E-state index in [1.54, 1.807) is 12.5 Å². The highest BCUT2D eigenvalue weighted by atomic mass is 32.2. The first-order valence-electron chi connectivity index (χ1n) is 6.75. The number of nitrogens with one attached hydrogen (secondary N) is 2. The Morgan fingerprint density at radius 1 is 1.45 bits per heavy atom. The van der Waals surface area contributed by atoms with Crippen LogP contribution in [0.2, 0.25) is 0 Å². The summed E-state index contributed by atoms with van der Waals surface area (Å²) in [7, 11) is -0.851. The molecule has 7 heteroatoms. The van der Waals surface area contributed by atoms with Gasteiger partial charge in [0, 0.05) is 47.8 Å². The Hall–Kier alpha value is -1.63. The molecule has 6 nitrogen and oxygen atoms in total. The molecule has 0 fully saturated rings. The molecule has 2 aromatic rings. The van der Waals surface area contributed by atoms with Crippen LogP contribution < -0.4 is 10.6 Å². The smallest absolute Gasteiger partial charge is 0.180 e. The molecule has 0 saturated heterocycles. The second-order valence-electron chi connectivity index (χ2n) is 4.75.